The van der Waals surface area contributed by atoms with Crippen LogP contribution in [0.2, 0.25) is 5.02 Å². The van der Waals surface area contributed by atoms with Crippen molar-refractivity contribution in [1.82, 2.24) is 4.90 Å². The van der Waals surface area contributed by atoms with Crippen LogP contribution in [0.25, 0.3) is 0 Å². The van der Waals surface area contributed by atoms with Gasteiger partial charge in [-0.25, -0.2) is 0 Å². The Hall–Kier alpha value is -1.30. The van der Waals surface area contributed by atoms with Crippen LogP contribution in [0.3, 0.4) is 0 Å². The number of morpholine rings is 1. The van der Waals surface area contributed by atoms with Crippen LogP contribution >= 0.6 is 11.6 Å². The number of benzene rings is 1. The van der Waals surface area contributed by atoms with Crippen molar-refractivity contribution in [2.24, 2.45) is 0 Å². The van der Waals surface area contributed by atoms with Crippen LogP contribution in [0.1, 0.15) is 24.2 Å². The van der Waals surface area contributed by atoms with Crippen molar-refractivity contribution in [3.05, 3.63) is 28.8 Å². The Morgan fingerprint density at radius 1 is 1.60 bits per heavy atom. The zero-order valence-corrected chi connectivity index (χ0v) is 12.4. The van der Waals surface area contributed by atoms with Crippen molar-refractivity contribution < 1.29 is 14.6 Å². The van der Waals surface area contributed by atoms with E-state index in [2.05, 4.69) is 0 Å². The molecule has 5 nitrogen and oxygen atoms in total. The molecule has 1 aliphatic heterocycles. The van der Waals surface area contributed by atoms with E-state index in [1.54, 1.807) is 23.1 Å². The summed E-state index contributed by atoms with van der Waals surface area (Å²) in [6.07, 6.45) is -0.368. The van der Waals surface area contributed by atoms with Gasteiger partial charge in [-0.1, -0.05) is 11.6 Å². The molecule has 1 saturated heterocycles. The van der Waals surface area contributed by atoms with Crippen LogP contribution in [-0.4, -0.2) is 47.3 Å². The molecule has 0 radical (unpaired) electrons. The van der Waals surface area contributed by atoms with Crippen LogP contribution in [-0.2, 0) is 4.74 Å². The average molecular weight is 299 g/mol. The SMILES string of the molecule is CC1(C)CN(C(=O)c2ccc(Cl)c(N)c2)CC(CO)O1. The molecule has 1 aromatic rings. The molecule has 1 aliphatic rings. The summed E-state index contributed by atoms with van der Waals surface area (Å²) in [6, 6.07) is 4.83. The van der Waals surface area contributed by atoms with Gasteiger partial charge in [0.25, 0.3) is 5.91 Å². The molecule has 3 N–H and O–H groups in total. The number of amides is 1. The van der Waals surface area contributed by atoms with Gasteiger partial charge in [-0.3, -0.25) is 4.79 Å². The summed E-state index contributed by atoms with van der Waals surface area (Å²) in [4.78, 5) is 14.2. The van der Waals surface area contributed by atoms with E-state index in [0.29, 0.717) is 29.4 Å². The first-order valence-corrected chi connectivity index (χ1v) is 6.83. The van der Waals surface area contributed by atoms with Crippen LogP contribution in [0.4, 0.5) is 5.69 Å². The van der Waals surface area contributed by atoms with Crippen LogP contribution in [0.5, 0.6) is 0 Å². The lowest BCUT2D eigenvalue weighted by Gasteiger charge is -2.42. The van der Waals surface area contributed by atoms with E-state index in [4.69, 9.17) is 22.1 Å². The quantitative estimate of drug-likeness (QED) is 0.812. The van der Waals surface area contributed by atoms with Crippen molar-refractivity contribution in [1.29, 1.82) is 0 Å². The minimum absolute atomic E-state index is 0.115. The predicted molar refractivity (Wildman–Crippen MR) is 77.8 cm³/mol. The number of aliphatic hydroxyl groups excluding tert-OH is 1. The van der Waals surface area contributed by atoms with E-state index in [1.165, 1.54) is 0 Å². The second-order valence-corrected chi connectivity index (χ2v) is 6.01. The highest BCUT2D eigenvalue weighted by atomic mass is 35.5. The molecule has 0 aromatic heterocycles. The second kappa shape index (κ2) is 5.60. The van der Waals surface area contributed by atoms with Gasteiger partial charge in [0.2, 0.25) is 0 Å². The largest absolute Gasteiger partial charge is 0.398 e. The number of aliphatic hydroxyl groups is 1. The minimum Gasteiger partial charge on any atom is -0.398 e. The number of hydrogen-bond donors (Lipinski definition) is 2. The first kappa shape index (κ1) is 15.1. The Kier molecular flexibility index (Phi) is 4.22. The number of carbonyl (C=O) groups is 1. The number of carbonyl (C=O) groups excluding carboxylic acids is 1. The Balaban J connectivity index is 2.21. The zero-order chi connectivity index (χ0) is 14.9. The summed E-state index contributed by atoms with van der Waals surface area (Å²) >= 11 is 5.86. The molecule has 0 saturated carbocycles. The van der Waals surface area contributed by atoms with Crippen LogP contribution < -0.4 is 5.73 Å². The van der Waals surface area contributed by atoms with E-state index in [-0.39, 0.29) is 18.6 Å². The highest BCUT2D eigenvalue weighted by Crippen LogP contribution is 2.24. The number of halogens is 1. The maximum atomic E-state index is 12.5. The number of nitrogens with zero attached hydrogens (tertiary/aromatic N) is 1. The maximum absolute atomic E-state index is 12.5. The van der Waals surface area contributed by atoms with Crippen molar-refractivity contribution in [2.75, 3.05) is 25.4 Å². The fourth-order valence-electron chi connectivity index (χ4n) is 2.40. The van der Waals surface area contributed by atoms with Crippen LogP contribution in [0, 0.1) is 0 Å². The molecule has 0 spiro atoms. The summed E-state index contributed by atoms with van der Waals surface area (Å²) < 4.78 is 5.69. The van der Waals surface area contributed by atoms with Crippen molar-refractivity contribution in [3.63, 3.8) is 0 Å². The number of rotatable bonds is 2. The van der Waals surface area contributed by atoms with Gasteiger partial charge in [0.15, 0.2) is 0 Å². The number of nitrogen functional groups attached to an aromatic ring is 1. The second-order valence-electron chi connectivity index (χ2n) is 5.60. The monoisotopic (exact) mass is 298 g/mol. The molecule has 1 atom stereocenters. The molecule has 1 aromatic carbocycles. The molecular formula is C14H19ClN2O3. The molecular weight excluding hydrogens is 280 g/mol. The number of anilines is 1. The lowest BCUT2D eigenvalue weighted by molar-refractivity contribution is -0.139. The lowest BCUT2D eigenvalue weighted by Crippen LogP contribution is -2.55. The summed E-state index contributed by atoms with van der Waals surface area (Å²) in [5, 5.41) is 9.70. The van der Waals surface area contributed by atoms with E-state index < -0.39 is 5.60 Å². The smallest absolute Gasteiger partial charge is 0.254 e. The van der Waals surface area contributed by atoms with Gasteiger partial charge in [-0.2, -0.15) is 0 Å². The molecule has 1 fully saturated rings. The molecule has 20 heavy (non-hydrogen) atoms. The molecule has 110 valence electrons. The third kappa shape index (κ3) is 3.23. The fraction of sp³-hybridized carbons (Fsp3) is 0.500. The number of hydrogen-bond acceptors (Lipinski definition) is 4. The summed E-state index contributed by atoms with van der Waals surface area (Å²) in [5.41, 5.74) is 6.11. The molecule has 2 rings (SSSR count). The average Bonchev–Trinajstić information content (AvgIpc) is 2.39. The van der Waals surface area contributed by atoms with Crippen molar-refractivity contribution in [3.8, 4) is 0 Å². The highest BCUT2D eigenvalue weighted by Gasteiger charge is 2.35. The van der Waals surface area contributed by atoms with E-state index in [9.17, 15) is 9.90 Å². The lowest BCUT2D eigenvalue weighted by atomic mass is 10.0. The van der Waals surface area contributed by atoms with Gasteiger partial charge < -0.3 is 20.5 Å². The summed E-state index contributed by atoms with van der Waals surface area (Å²) in [5.74, 6) is -0.136. The highest BCUT2D eigenvalue weighted by molar-refractivity contribution is 6.33. The van der Waals surface area contributed by atoms with Crippen molar-refractivity contribution in [2.45, 2.75) is 25.6 Å². The zero-order valence-electron chi connectivity index (χ0n) is 11.6. The Morgan fingerprint density at radius 3 is 2.90 bits per heavy atom. The molecule has 1 unspecified atom stereocenters. The third-order valence-corrected chi connectivity index (χ3v) is 3.56. The molecule has 0 aliphatic carbocycles. The molecule has 6 heteroatoms. The first-order chi connectivity index (χ1) is 9.32. The van der Waals surface area contributed by atoms with Gasteiger partial charge in [0.05, 0.1) is 29.0 Å². The van der Waals surface area contributed by atoms with E-state index >= 15 is 0 Å². The maximum Gasteiger partial charge on any atom is 0.254 e. The standard InChI is InChI=1S/C14H19ClN2O3/c1-14(2)8-17(6-10(7-18)20-14)13(19)9-3-4-11(15)12(16)5-9/h3-5,10,18H,6-8,16H2,1-2H3. The Bertz CT molecular complexity index is 519. The fourth-order valence-corrected chi connectivity index (χ4v) is 2.52. The van der Waals surface area contributed by atoms with Gasteiger partial charge in [0, 0.05) is 18.7 Å². The first-order valence-electron chi connectivity index (χ1n) is 6.45. The van der Waals surface area contributed by atoms with E-state index in [1.807, 2.05) is 13.8 Å². The topological polar surface area (TPSA) is 75.8 Å². The third-order valence-electron chi connectivity index (χ3n) is 3.22. The Labute approximate surface area is 123 Å². The number of nitrogens with two attached hydrogens (primary N) is 1. The van der Waals surface area contributed by atoms with Gasteiger partial charge in [0.1, 0.15) is 0 Å². The summed E-state index contributed by atoms with van der Waals surface area (Å²) in [6.45, 7) is 4.50. The minimum atomic E-state index is -0.487. The summed E-state index contributed by atoms with van der Waals surface area (Å²) in [7, 11) is 0. The normalized spacial score (nSPS) is 21.8. The van der Waals surface area contributed by atoms with Crippen LogP contribution in [0.15, 0.2) is 18.2 Å². The van der Waals surface area contributed by atoms with Crippen molar-refractivity contribution >= 4 is 23.2 Å². The van der Waals surface area contributed by atoms with E-state index in [0.717, 1.165) is 0 Å². The molecule has 0 bridgehead atoms. The predicted octanol–water partition coefficient (Wildman–Crippen LogP) is 1.53. The Morgan fingerprint density at radius 2 is 2.30 bits per heavy atom. The number of ether oxygens (including phenoxy) is 1. The van der Waals surface area contributed by atoms with Gasteiger partial charge in [-0.05, 0) is 32.0 Å². The molecule has 1 heterocycles. The van der Waals surface area contributed by atoms with Gasteiger partial charge >= 0.3 is 0 Å². The van der Waals surface area contributed by atoms with Gasteiger partial charge in [-0.15, -0.1) is 0 Å². The molecule has 1 amide bonds.